The molecule has 0 N–H and O–H groups in total. The van der Waals surface area contributed by atoms with Crippen LogP contribution in [0.4, 0.5) is 5.82 Å². The maximum atomic E-state index is 4.78. The highest BCUT2D eigenvalue weighted by Crippen LogP contribution is 2.25. The number of fused-ring (bicyclic) bond motifs is 1. The highest BCUT2D eigenvalue weighted by Gasteiger charge is 2.14. The monoisotopic (exact) mass is 250 g/mol. The summed E-state index contributed by atoms with van der Waals surface area (Å²) in [4.78, 5) is 7.08. The first-order chi connectivity index (χ1) is 8.18. The molecule has 2 rings (SSSR count). The van der Waals surface area contributed by atoms with E-state index in [-0.39, 0.29) is 7.43 Å². The smallest absolute Gasteiger partial charge is 0.131 e. The summed E-state index contributed by atoms with van der Waals surface area (Å²) in [6.07, 6.45) is 3.76. The quantitative estimate of drug-likeness (QED) is 0.722. The molecule has 2 heterocycles. The van der Waals surface area contributed by atoms with Crippen LogP contribution in [0.3, 0.4) is 0 Å². The van der Waals surface area contributed by atoms with Crippen molar-refractivity contribution in [2.45, 2.75) is 60.3 Å². The average molecular weight is 250 g/mol. The second-order valence-electron chi connectivity index (χ2n) is 4.75. The second-order valence-corrected chi connectivity index (χ2v) is 4.75. The van der Waals surface area contributed by atoms with Gasteiger partial charge in [0.25, 0.3) is 0 Å². The molecule has 1 aliphatic rings. The molecule has 104 valence electrons. The summed E-state index contributed by atoms with van der Waals surface area (Å²) in [5.41, 5.74) is 2.63. The predicted octanol–water partition coefficient (Wildman–Crippen LogP) is 4.64. The summed E-state index contributed by atoms with van der Waals surface area (Å²) in [6, 6.07) is 4.45. The van der Waals surface area contributed by atoms with E-state index in [9.17, 15) is 0 Å². The van der Waals surface area contributed by atoms with Crippen molar-refractivity contribution >= 4 is 5.82 Å². The molecule has 0 spiro atoms. The number of rotatable bonds is 1. The van der Waals surface area contributed by atoms with Crippen LogP contribution in [0.25, 0.3) is 0 Å². The van der Waals surface area contributed by atoms with Gasteiger partial charge in [0.15, 0.2) is 0 Å². The van der Waals surface area contributed by atoms with Crippen LogP contribution in [0, 0.1) is 0 Å². The van der Waals surface area contributed by atoms with Crippen molar-refractivity contribution in [3.63, 3.8) is 0 Å². The molecule has 1 aliphatic heterocycles. The zero-order valence-electron chi connectivity index (χ0n) is 12.0. The largest absolute Gasteiger partial charge is 0.359 e. The first kappa shape index (κ1) is 16.9. The minimum atomic E-state index is 0. The second kappa shape index (κ2) is 8.12. The Morgan fingerprint density at radius 2 is 1.83 bits per heavy atom. The first-order valence-electron chi connectivity index (χ1n) is 6.89. The molecule has 2 nitrogen and oxygen atoms in total. The van der Waals surface area contributed by atoms with E-state index in [2.05, 4.69) is 37.9 Å². The summed E-state index contributed by atoms with van der Waals surface area (Å²) < 4.78 is 0. The van der Waals surface area contributed by atoms with Crippen LogP contribution in [0.1, 0.15) is 65.1 Å². The number of pyridine rings is 1. The lowest BCUT2D eigenvalue weighted by Crippen LogP contribution is -2.19. The van der Waals surface area contributed by atoms with Crippen molar-refractivity contribution in [2.75, 3.05) is 18.5 Å². The lowest BCUT2D eigenvalue weighted by atomic mass is 10.1. The van der Waals surface area contributed by atoms with Crippen LogP contribution >= 0.6 is 0 Å². The maximum Gasteiger partial charge on any atom is 0.131 e. The fourth-order valence-corrected chi connectivity index (χ4v) is 2.11. The van der Waals surface area contributed by atoms with Gasteiger partial charge in [-0.05, 0) is 36.8 Å². The minimum absolute atomic E-state index is 0. The van der Waals surface area contributed by atoms with Gasteiger partial charge in [0.1, 0.15) is 5.82 Å². The van der Waals surface area contributed by atoms with Crippen LogP contribution in [-0.2, 0) is 6.42 Å². The van der Waals surface area contributed by atoms with Gasteiger partial charge >= 0.3 is 0 Å². The molecular formula is C16H30N2. The van der Waals surface area contributed by atoms with Gasteiger partial charge < -0.3 is 4.90 Å². The highest BCUT2D eigenvalue weighted by atomic mass is 15.2. The van der Waals surface area contributed by atoms with Gasteiger partial charge in [0.05, 0.1) is 0 Å². The van der Waals surface area contributed by atoms with Crippen LogP contribution in [0.5, 0.6) is 0 Å². The lowest BCUT2D eigenvalue weighted by molar-refractivity contribution is 0.747. The van der Waals surface area contributed by atoms with E-state index in [4.69, 9.17) is 4.98 Å². The molecule has 0 saturated heterocycles. The Morgan fingerprint density at radius 1 is 1.17 bits per heavy atom. The van der Waals surface area contributed by atoms with Gasteiger partial charge in [-0.2, -0.15) is 0 Å². The Hall–Kier alpha value is -1.05. The zero-order valence-corrected chi connectivity index (χ0v) is 12.0. The van der Waals surface area contributed by atoms with Crippen LogP contribution in [-0.4, -0.2) is 18.6 Å². The highest BCUT2D eigenvalue weighted by molar-refractivity contribution is 5.48. The van der Waals surface area contributed by atoms with Gasteiger partial charge in [-0.25, -0.2) is 4.98 Å². The van der Waals surface area contributed by atoms with Gasteiger partial charge in [-0.1, -0.05) is 41.2 Å². The number of nitrogens with zero attached hydrogens (tertiary/aromatic N) is 2. The fourth-order valence-electron chi connectivity index (χ4n) is 2.11. The van der Waals surface area contributed by atoms with Crippen molar-refractivity contribution in [3.05, 3.63) is 23.4 Å². The van der Waals surface area contributed by atoms with Crippen molar-refractivity contribution in [1.82, 2.24) is 4.98 Å². The Morgan fingerprint density at radius 3 is 2.44 bits per heavy atom. The molecule has 0 radical (unpaired) electrons. The molecule has 0 amide bonds. The third-order valence-electron chi connectivity index (χ3n) is 3.12. The fraction of sp³-hybridized carbons (Fsp3) is 0.688. The SMILES string of the molecule is C.CC.CC(C)c1ccc2c(n1)N(C)CCCC2. The van der Waals surface area contributed by atoms with Crippen LogP contribution in [0.2, 0.25) is 0 Å². The normalized spacial score (nSPS) is 14.0. The summed E-state index contributed by atoms with van der Waals surface area (Å²) in [6.45, 7) is 9.54. The Labute approximate surface area is 113 Å². The number of aromatic nitrogens is 1. The number of hydrogen-bond donors (Lipinski definition) is 0. The number of aryl methyl sites for hydroxylation is 1. The van der Waals surface area contributed by atoms with Crippen LogP contribution in [0.15, 0.2) is 12.1 Å². The molecule has 0 fully saturated rings. The van der Waals surface area contributed by atoms with Crippen molar-refractivity contribution < 1.29 is 0 Å². The summed E-state index contributed by atoms with van der Waals surface area (Å²) in [7, 11) is 2.15. The Balaban J connectivity index is 0.000000917. The van der Waals surface area contributed by atoms with Gasteiger partial charge in [0, 0.05) is 19.3 Å². The summed E-state index contributed by atoms with van der Waals surface area (Å²) in [5.74, 6) is 1.73. The molecule has 18 heavy (non-hydrogen) atoms. The van der Waals surface area contributed by atoms with Gasteiger partial charge in [0.2, 0.25) is 0 Å². The van der Waals surface area contributed by atoms with Gasteiger partial charge in [-0.3, -0.25) is 0 Å². The lowest BCUT2D eigenvalue weighted by Gasteiger charge is -2.19. The van der Waals surface area contributed by atoms with E-state index in [0.717, 1.165) is 6.54 Å². The van der Waals surface area contributed by atoms with E-state index in [1.54, 1.807) is 0 Å². The van der Waals surface area contributed by atoms with E-state index in [1.165, 1.54) is 36.3 Å². The van der Waals surface area contributed by atoms with E-state index < -0.39 is 0 Å². The number of hydrogen-bond acceptors (Lipinski definition) is 2. The molecule has 0 saturated carbocycles. The Bertz CT molecular complexity index is 345. The van der Waals surface area contributed by atoms with E-state index >= 15 is 0 Å². The van der Waals surface area contributed by atoms with Crippen molar-refractivity contribution in [3.8, 4) is 0 Å². The summed E-state index contributed by atoms with van der Waals surface area (Å²) >= 11 is 0. The molecular weight excluding hydrogens is 220 g/mol. The molecule has 1 aromatic rings. The average Bonchev–Trinajstić information content (AvgIpc) is 2.54. The standard InChI is InChI=1S/C13H20N2.C2H6.CH4/c1-10(2)12-8-7-11-6-4-5-9-15(3)13(11)14-12;1-2;/h7-8,10H,4-6,9H2,1-3H3;1-2H3;1H4. The predicted molar refractivity (Wildman–Crippen MR) is 82.6 cm³/mol. The molecule has 0 bridgehead atoms. The number of anilines is 1. The molecule has 1 aromatic heterocycles. The van der Waals surface area contributed by atoms with E-state index in [0.29, 0.717) is 5.92 Å². The third-order valence-corrected chi connectivity index (χ3v) is 3.12. The molecule has 0 unspecified atom stereocenters. The molecule has 2 heteroatoms. The van der Waals surface area contributed by atoms with Crippen LogP contribution < -0.4 is 4.90 Å². The topological polar surface area (TPSA) is 16.1 Å². The van der Waals surface area contributed by atoms with Crippen molar-refractivity contribution in [2.24, 2.45) is 0 Å². The van der Waals surface area contributed by atoms with Gasteiger partial charge in [-0.15, -0.1) is 0 Å². The molecule has 0 aromatic carbocycles. The molecule has 0 atom stereocenters. The summed E-state index contributed by atoms with van der Waals surface area (Å²) in [5, 5.41) is 0. The minimum Gasteiger partial charge on any atom is -0.359 e. The Kier molecular flexibility index (Phi) is 7.65. The first-order valence-corrected chi connectivity index (χ1v) is 6.89. The van der Waals surface area contributed by atoms with Crippen molar-refractivity contribution in [1.29, 1.82) is 0 Å². The molecule has 0 aliphatic carbocycles. The van der Waals surface area contributed by atoms with E-state index in [1.807, 2.05) is 13.8 Å². The zero-order chi connectivity index (χ0) is 12.8. The third kappa shape index (κ3) is 4.01. The maximum absolute atomic E-state index is 4.78.